The molecule has 0 aromatic carbocycles. The van der Waals surface area contributed by atoms with E-state index >= 15 is 0 Å². The Bertz CT molecular complexity index is 1020. The standard InChI is InChI=1S/C16H13N7O/c1-22-13(4-8-18-22)16(24)19-12-5-9-23-14(10-12)20-15(21-23)11-2-6-17-7-3-11/h2-10H,1H3,(H,19,24). The van der Waals surface area contributed by atoms with E-state index < -0.39 is 0 Å². The second kappa shape index (κ2) is 5.58. The van der Waals surface area contributed by atoms with Gasteiger partial charge in [0.15, 0.2) is 11.5 Å². The minimum Gasteiger partial charge on any atom is -0.320 e. The van der Waals surface area contributed by atoms with Gasteiger partial charge in [-0.05, 0) is 24.3 Å². The lowest BCUT2D eigenvalue weighted by atomic mass is 10.2. The van der Waals surface area contributed by atoms with E-state index in [1.807, 2.05) is 12.1 Å². The van der Waals surface area contributed by atoms with Crippen LogP contribution in [0.25, 0.3) is 17.0 Å². The van der Waals surface area contributed by atoms with Crippen LogP contribution in [0, 0.1) is 0 Å². The fourth-order valence-corrected chi connectivity index (χ4v) is 2.37. The first-order valence-corrected chi connectivity index (χ1v) is 7.27. The molecule has 0 fully saturated rings. The average Bonchev–Trinajstić information content (AvgIpc) is 3.21. The molecule has 118 valence electrons. The van der Waals surface area contributed by atoms with Gasteiger partial charge in [0.1, 0.15) is 5.69 Å². The Morgan fingerprint density at radius 1 is 1.12 bits per heavy atom. The third-order valence-corrected chi connectivity index (χ3v) is 3.59. The van der Waals surface area contributed by atoms with Crippen molar-refractivity contribution in [3.63, 3.8) is 0 Å². The number of fused-ring (bicyclic) bond motifs is 1. The van der Waals surface area contributed by atoms with Crippen molar-refractivity contribution in [2.75, 3.05) is 5.32 Å². The number of hydrogen-bond donors (Lipinski definition) is 1. The largest absolute Gasteiger partial charge is 0.320 e. The van der Waals surface area contributed by atoms with Crippen molar-refractivity contribution in [3.8, 4) is 11.4 Å². The Balaban J connectivity index is 1.64. The van der Waals surface area contributed by atoms with Crippen molar-refractivity contribution in [2.24, 2.45) is 7.05 Å². The minimum absolute atomic E-state index is 0.228. The van der Waals surface area contributed by atoms with Crippen molar-refractivity contribution < 1.29 is 4.79 Å². The molecule has 24 heavy (non-hydrogen) atoms. The van der Waals surface area contributed by atoms with E-state index in [-0.39, 0.29) is 5.91 Å². The number of amides is 1. The van der Waals surface area contributed by atoms with E-state index in [0.717, 1.165) is 5.56 Å². The number of nitrogens with one attached hydrogen (secondary N) is 1. The van der Waals surface area contributed by atoms with Crippen LogP contribution in [0.4, 0.5) is 5.69 Å². The molecular formula is C16H13N7O. The van der Waals surface area contributed by atoms with Crippen molar-refractivity contribution in [3.05, 3.63) is 60.8 Å². The highest BCUT2D eigenvalue weighted by Crippen LogP contribution is 2.17. The quantitative estimate of drug-likeness (QED) is 0.621. The fourth-order valence-electron chi connectivity index (χ4n) is 2.37. The maximum absolute atomic E-state index is 12.2. The summed E-state index contributed by atoms with van der Waals surface area (Å²) in [6, 6.07) is 8.89. The van der Waals surface area contributed by atoms with E-state index in [2.05, 4.69) is 25.5 Å². The van der Waals surface area contributed by atoms with Gasteiger partial charge in [-0.3, -0.25) is 14.5 Å². The molecule has 0 aliphatic heterocycles. The van der Waals surface area contributed by atoms with Crippen LogP contribution >= 0.6 is 0 Å². The number of carbonyl (C=O) groups is 1. The second-order valence-electron chi connectivity index (χ2n) is 5.18. The van der Waals surface area contributed by atoms with Gasteiger partial charge >= 0.3 is 0 Å². The van der Waals surface area contributed by atoms with Crippen molar-refractivity contribution in [2.45, 2.75) is 0 Å². The maximum Gasteiger partial charge on any atom is 0.273 e. The van der Waals surface area contributed by atoms with E-state index in [4.69, 9.17) is 0 Å². The van der Waals surface area contributed by atoms with Gasteiger partial charge < -0.3 is 5.32 Å². The van der Waals surface area contributed by atoms with Gasteiger partial charge in [-0.1, -0.05) is 0 Å². The smallest absolute Gasteiger partial charge is 0.273 e. The van der Waals surface area contributed by atoms with Gasteiger partial charge in [0.05, 0.1) is 0 Å². The van der Waals surface area contributed by atoms with Crippen LogP contribution in [0.1, 0.15) is 10.5 Å². The molecule has 0 spiro atoms. The summed E-state index contributed by atoms with van der Waals surface area (Å²) in [5.41, 5.74) is 2.65. The number of anilines is 1. The summed E-state index contributed by atoms with van der Waals surface area (Å²) in [6.45, 7) is 0. The first-order valence-electron chi connectivity index (χ1n) is 7.27. The van der Waals surface area contributed by atoms with Crippen LogP contribution in [0.2, 0.25) is 0 Å². The Morgan fingerprint density at radius 2 is 1.96 bits per heavy atom. The first-order chi connectivity index (χ1) is 11.7. The predicted molar refractivity (Wildman–Crippen MR) is 87.4 cm³/mol. The highest BCUT2D eigenvalue weighted by molar-refractivity contribution is 6.03. The molecule has 0 saturated heterocycles. The molecule has 4 heterocycles. The summed E-state index contributed by atoms with van der Waals surface area (Å²) in [7, 11) is 1.72. The first kappa shape index (κ1) is 14.1. The number of carbonyl (C=O) groups excluding carboxylic acids is 1. The summed E-state index contributed by atoms with van der Waals surface area (Å²) in [5.74, 6) is 0.376. The summed E-state index contributed by atoms with van der Waals surface area (Å²) >= 11 is 0. The molecule has 0 aliphatic carbocycles. The zero-order valence-corrected chi connectivity index (χ0v) is 12.8. The zero-order chi connectivity index (χ0) is 16.5. The SMILES string of the molecule is Cn1nccc1C(=O)Nc1ccn2nc(-c3ccncc3)nc2c1. The Labute approximate surface area is 136 Å². The number of aromatic nitrogens is 6. The molecule has 0 saturated carbocycles. The topological polar surface area (TPSA) is 90.0 Å². The predicted octanol–water partition coefficient (Wildman–Crippen LogP) is 1.78. The zero-order valence-electron chi connectivity index (χ0n) is 12.8. The number of aryl methyl sites for hydroxylation is 1. The van der Waals surface area contributed by atoms with E-state index in [1.165, 1.54) is 4.68 Å². The highest BCUT2D eigenvalue weighted by Gasteiger charge is 2.11. The lowest BCUT2D eigenvalue weighted by Crippen LogP contribution is -2.16. The molecular weight excluding hydrogens is 306 g/mol. The van der Waals surface area contributed by atoms with Crippen molar-refractivity contribution in [1.82, 2.24) is 29.4 Å². The van der Waals surface area contributed by atoms with Crippen LogP contribution in [0.3, 0.4) is 0 Å². The molecule has 4 aromatic rings. The van der Waals surface area contributed by atoms with Crippen LogP contribution in [0.5, 0.6) is 0 Å². The van der Waals surface area contributed by atoms with Gasteiger partial charge in [0.2, 0.25) is 0 Å². The van der Waals surface area contributed by atoms with Crippen LogP contribution in [0.15, 0.2) is 55.1 Å². The normalized spacial score (nSPS) is 10.9. The Hall–Kier alpha value is -3.55. The number of hydrogen-bond acceptors (Lipinski definition) is 5. The molecule has 8 heteroatoms. The molecule has 0 radical (unpaired) electrons. The highest BCUT2D eigenvalue weighted by atomic mass is 16.2. The van der Waals surface area contributed by atoms with Crippen molar-refractivity contribution >= 4 is 17.2 Å². The maximum atomic E-state index is 12.2. The summed E-state index contributed by atoms with van der Waals surface area (Å²) in [4.78, 5) is 20.7. The average molecular weight is 319 g/mol. The monoisotopic (exact) mass is 319 g/mol. The molecule has 0 aliphatic rings. The van der Waals surface area contributed by atoms with Gasteiger partial charge in [-0.25, -0.2) is 9.50 Å². The Morgan fingerprint density at radius 3 is 2.71 bits per heavy atom. The third kappa shape index (κ3) is 2.50. The van der Waals surface area contributed by atoms with Gasteiger partial charge in [0, 0.05) is 49.2 Å². The van der Waals surface area contributed by atoms with Crippen LogP contribution in [-0.4, -0.2) is 35.3 Å². The lowest BCUT2D eigenvalue weighted by Gasteiger charge is -2.05. The third-order valence-electron chi connectivity index (χ3n) is 3.59. The second-order valence-corrected chi connectivity index (χ2v) is 5.18. The van der Waals surface area contributed by atoms with E-state index in [9.17, 15) is 4.79 Å². The van der Waals surface area contributed by atoms with Crippen molar-refractivity contribution in [1.29, 1.82) is 0 Å². The lowest BCUT2D eigenvalue weighted by molar-refractivity contribution is 0.101. The molecule has 0 atom stereocenters. The van der Waals surface area contributed by atoms with Gasteiger partial charge in [-0.2, -0.15) is 5.10 Å². The molecule has 8 nitrogen and oxygen atoms in total. The van der Waals surface area contributed by atoms with Crippen LogP contribution < -0.4 is 5.32 Å². The number of nitrogens with zero attached hydrogens (tertiary/aromatic N) is 6. The van der Waals surface area contributed by atoms with E-state index in [1.54, 1.807) is 54.5 Å². The molecule has 1 N–H and O–H groups in total. The molecule has 1 amide bonds. The molecule has 4 aromatic heterocycles. The number of rotatable bonds is 3. The summed E-state index contributed by atoms with van der Waals surface area (Å²) in [5, 5.41) is 11.2. The summed E-state index contributed by atoms with van der Waals surface area (Å²) < 4.78 is 3.18. The molecule has 4 rings (SSSR count). The number of pyridine rings is 2. The van der Waals surface area contributed by atoms with E-state index in [0.29, 0.717) is 22.9 Å². The van der Waals surface area contributed by atoms with Gasteiger partial charge in [-0.15, -0.1) is 5.10 Å². The minimum atomic E-state index is -0.228. The Kier molecular flexibility index (Phi) is 3.27. The van der Waals surface area contributed by atoms with Crippen LogP contribution in [-0.2, 0) is 7.05 Å². The fraction of sp³-hybridized carbons (Fsp3) is 0.0625. The summed E-state index contributed by atoms with van der Waals surface area (Å²) in [6.07, 6.45) is 6.73. The van der Waals surface area contributed by atoms with Gasteiger partial charge in [0.25, 0.3) is 5.91 Å². The molecule has 0 bridgehead atoms. The molecule has 0 unspecified atom stereocenters.